The monoisotopic (exact) mass is 434 g/mol. The van der Waals surface area contributed by atoms with Gasteiger partial charge in [0.1, 0.15) is 17.0 Å². The average molecular weight is 434 g/mol. The van der Waals surface area contributed by atoms with Crippen LogP contribution in [0, 0.1) is 0 Å². The number of aromatic nitrogens is 2. The highest BCUT2D eigenvalue weighted by atomic mass is 32.1. The van der Waals surface area contributed by atoms with Crippen LogP contribution in [0.25, 0.3) is 10.2 Å². The number of piperazine rings is 1. The second-order valence-corrected chi connectivity index (χ2v) is 8.39. The third-order valence-corrected chi connectivity index (χ3v) is 6.18. The van der Waals surface area contributed by atoms with Crippen molar-refractivity contribution in [1.82, 2.24) is 14.9 Å². The van der Waals surface area contributed by atoms with Crippen LogP contribution in [0.1, 0.15) is 16.9 Å². The molecule has 0 unspecified atom stereocenters. The Labute approximate surface area is 176 Å². The number of aryl methyl sites for hydroxylation is 1. The topological polar surface area (TPSA) is 49.3 Å². The number of hydrogen-bond acceptors (Lipinski definition) is 5. The summed E-state index contributed by atoms with van der Waals surface area (Å²) in [6, 6.07) is 11.4. The summed E-state index contributed by atoms with van der Waals surface area (Å²) >= 11 is 1.05. The first-order valence-electron chi connectivity index (χ1n) is 9.76. The number of thiophene rings is 1. The molecule has 9 heteroatoms. The Bertz CT molecular complexity index is 1010. The quantitative estimate of drug-likeness (QED) is 0.607. The Morgan fingerprint density at radius 2 is 1.80 bits per heavy atom. The van der Waals surface area contributed by atoms with Crippen molar-refractivity contribution in [2.75, 3.05) is 31.1 Å². The van der Waals surface area contributed by atoms with E-state index in [1.165, 1.54) is 6.33 Å². The smallest absolute Gasteiger partial charge is 0.352 e. The molecule has 1 aliphatic rings. The molecule has 0 N–H and O–H groups in total. The molecule has 1 amide bonds. The Kier molecular flexibility index (Phi) is 5.90. The number of halogens is 3. The van der Waals surface area contributed by atoms with Gasteiger partial charge in [0.25, 0.3) is 0 Å². The first kappa shape index (κ1) is 20.6. The zero-order valence-corrected chi connectivity index (χ0v) is 17.0. The van der Waals surface area contributed by atoms with Gasteiger partial charge in [-0.2, -0.15) is 13.2 Å². The Balaban J connectivity index is 1.39. The molecule has 0 bridgehead atoms. The van der Waals surface area contributed by atoms with Crippen LogP contribution in [0.2, 0.25) is 0 Å². The standard InChI is InChI=1S/C21H21F3N4OS/c22-21(23,24)13-16-12-17-19(25-14-26-20(17)30-16)28-10-8-27(9-11-28)18(29)7-6-15-4-2-1-3-5-15/h1-5,12,14H,6-11,13H2. The summed E-state index contributed by atoms with van der Waals surface area (Å²) in [5.41, 5.74) is 1.14. The van der Waals surface area contributed by atoms with Gasteiger partial charge in [0.15, 0.2) is 0 Å². The van der Waals surface area contributed by atoms with E-state index in [0.717, 1.165) is 16.9 Å². The number of anilines is 1. The summed E-state index contributed by atoms with van der Waals surface area (Å²) < 4.78 is 38.2. The van der Waals surface area contributed by atoms with E-state index < -0.39 is 12.6 Å². The number of alkyl halides is 3. The molecule has 1 aliphatic heterocycles. The van der Waals surface area contributed by atoms with Crippen LogP contribution in [0.4, 0.5) is 19.0 Å². The number of rotatable bonds is 5. The van der Waals surface area contributed by atoms with Crippen molar-refractivity contribution >= 4 is 33.3 Å². The molecule has 158 valence electrons. The predicted octanol–water partition coefficient (Wildman–Crippen LogP) is 4.08. The lowest BCUT2D eigenvalue weighted by molar-refractivity contribution is -0.131. The molecule has 0 atom stereocenters. The lowest BCUT2D eigenvalue weighted by Gasteiger charge is -2.35. The lowest BCUT2D eigenvalue weighted by atomic mass is 10.1. The molecule has 2 aromatic heterocycles. The molecule has 4 rings (SSSR count). The minimum absolute atomic E-state index is 0.120. The van der Waals surface area contributed by atoms with Crippen molar-refractivity contribution in [2.45, 2.75) is 25.4 Å². The maximum absolute atomic E-state index is 12.7. The predicted molar refractivity (Wildman–Crippen MR) is 111 cm³/mol. The van der Waals surface area contributed by atoms with Crippen LogP contribution < -0.4 is 4.90 Å². The highest BCUT2D eigenvalue weighted by Crippen LogP contribution is 2.34. The van der Waals surface area contributed by atoms with Gasteiger partial charge in [-0.3, -0.25) is 4.79 Å². The molecule has 1 fully saturated rings. The summed E-state index contributed by atoms with van der Waals surface area (Å²) in [5.74, 6) is 0.760. The number of carbonyl (C=O) groups excluding carboxylic acids is 1. The van der Waals surface area contributed by atoms with Gasteiger partial charge in [0.05, 0.1) is 11.8 Å². The van der Waals surface area contributed by atoms with E-state index in [-0.39, 0.29) is 10.8 Å². The Morgan fingerprint density at radius 1 is 1.07 bits per heavy atom. The SMILES string of the molecule is O=C(CCc1ccccc1)N1CCN(c2ncnc3sc(CC(F)(F)F)cc23)CC1. The summed E-state index contributed by atoms with van der Waals surface area (Å²) in [6.45, 7) is 2.32. The molecule has 5 nitrogen and oxygen atoms in total. The fourth-order valence-electron chi connectivity index (χ4n) is 3.65. The number of hydrogen-bond donors (Lipinski definition) is 0. The van der Waals surface area contributed by atoms with E-state index in [1.807, 2.05) is 40.1 Å². The number of fused-ring (bicyclic) bond motifs is 1. The third kappa shape index (κ3) is 4.89. The van der Waals surface area contributed by atoms with E-state index in [0.29, 0.717) is 55.1 Å². The minimum Gasteiger partial charge on any atom is -0.352 e. The van der Waals surface area contributed by atoms with E-state index in [4.69, 9.17) is 0 Å². The van der Waals surface area contributed by atoms with Crippen LogP contribution in [0.15, 0.2) is 42.7 Å². The maximum atomic E-state index is 12.7. The van der Waals surface area contributed by atoms with E-state index in [9.17, 15) is 18.0 Å². The van der Waals surface area contributed by atoms with Crippen LogP contribution in [0.5, 0.6) is 0 Å². The van der Waals surface area contributed by atoms with Gasteiger partial charge < -0.3 is 9.80 Å². The van der Waals surface area contributed by atoms with Gasteiger partial charge >= 0.3 is 6.18 Å². The first-order valence-corrected chi connectivity index (χ1v) is 10.6. The molecule has 0 aliphatic carbocycles. The van der Waals surface area contributed by atoms with Gasteiger partial charge in [0.2, 0.25) is 5.91 Å². The first-order chi connectivity index (χ1) is 14.4. The van der Waals surface area contributed by atoms with Crippen molar-refractivity contribution < 1.29 is 18.0 Å². The van der Waals surface area contributed by atoms with Crippen molar-refractivity contribution in [3.8, 4) is 0 Å². The number of benzene rings is 1. The van der Waals surface area contributed by atoms with Crippen molar-refractivity contribution in [2.24, 2.45) is 0 Å². The molecule has 1 saturated heterocycles. The van der Waals surface area contributed by atoms with Crippen molar-refractivity contribution in [3.05, 3.63) is 53.2 Å². The van der Waals surface area contributed by atoms with Crippen molar-refractivity contribution in [3.63, 3.8) is 0 Å². The van der Waals surface area contributed by atoms with Gasteiger partial charge in [-0.15, -0.1) is 11.3 Å². The summed E-state index contributed by atoms with van der Waals surface area (Å²) in [6.07, 6.45) is -2.64. The Morgan fingerprint density at radius 3 is 2.50 bits per heavy atom. The maximum Gasteiger partial charge on any atom is 0.393 e. The highest BCUT2D eigenvalue weighted by Gasteiger charge is 2.30. The number of amides is 1. The summed E-state index contributed by atoms with van der Waals surface area (Å²) in [5, 5.41) is 0.644. The molecule has 3 aromatic rings. The number of carbonyl (C=O) groups is 1. The molecule has 3 heterocycles. The molecular formula is C21H21F3N4OS. The molecule has 1 aromatic carbocycles. The van der Waals surface area contributed by atoms with Crippen LogP contribution >= 0.6 is 11.3 Å². The van der Waals surface area contributed by atoms with E-state index in [1.54, 1.807) is 6.07 Å². The Hall–Kier alpha value is -2.68. The van der Waals surface area contributed by atoms with Gasteiger partial charge in [-0.05, 0) is 18.1 Å². The zero-order chi connectivity index (χ0) is 21.1. The second-order valence-electron chi connectivity index (χ2n) is 7.27. The van der Waals surface area contributed by atoms with E-state index >= 15 is 0 Å². The van der Waals surface area contributed by atoms with Gasteiger partial charge in [0, 0.05) is 37.5 Å². The molecule has 0 saturated carbocycles. The lowest BCUT2D eigenvalue weighted by Crippen LogP contribution is -2.49. The normalized spacial score (nSPS) is 15.0. The van der Waals surface area contributed by atoms with Crippen LogP contribution in [0.3, 0.4) is 0 Å². The van der Waals surface area contributed by atoms with Crippen LogP contribution in [-0.2, 0) is 17.6 Å². The summed E-state index contributed by atoms with van der Waals surface area (Å²) in [7, 11) is 0. The largest absolute Gasteiger partial charge is 0.393 e. The van der Waals surface area contributed by atoms with Gasteiger partial charge in [-0.25, -0.2) is 9.97 Å². The van der Waals surface area contributed by atoms with Gasteiger partial charge in [-0.1, -0.05) is 30.3 Å². The molecule has 0 spiro atoms. The number of nitrogens with zero attached hydrogens (tertiary/aromatic N) is 4. The van der Waals surface area contributed by atoms with Crippen molar-refractivity contribution in [1.29, 1.82) is 0 Å². The highest BCUT2D eigenvalue weighted by molar-refractivity contribution is 7.18. The second kappa shape index (κ2) is 8.59. The minimum atomic E-state index is -4.25. The zero-order valence-electron chi connectivity index (χ0n) is 16.2. The molecule has 30 heavy (non-hydrogen) atoms. The fraction of sp³-hybridized carbons (Fsp3) is 0.381. The van der Waals surface area contributed by atoms with Crippen LogP contribution in [-0.4, -0.2) is 53.1 Å². The van der Waals surface area contributed by atoms with E-state index in [2.05, 4.69) is 9.97 Å². The third-order valence-electron chi connectivity index (χ3n) is 5.14. The average Bonchev–Trinajstić information content (AvgIpc) is 3.13. The molecular weight excluding hydrogens is 413 g/mol. The molecule has 0 radical (unpaired) electrons. The summed E-state index contributed by atoms with van der Waals surface area (Å²) in [4.78, 5) is 25.7. The fourth-order valence-corrected chi connectivity index (χ4v) is 4.67.